The maximum atomic E-state index is 9.59. The van der Waals surface area contributed by atoms with E-state index in [0.717, 1.165) is 12.3 Å². The zero-order valence-electron chi connectivity index (χ0n) is 11.2. The Morgan fingerprint density at radius 2 is 2.16 bits per heavy atom. The van der Waals surface area contributed by atoms with Crippen LogP contribution in [0, 0.1) is 17.2 Å². The van der Waals surface area contributed by atoms with Gasteiger partial charge in [-0.25, -0.2) is 0 Å². The molecule has 0 radical (unpaired) electrons. The van der Waals surface area contributed by atoms with Crippen LogP contribution in [0.2, 0.25) is 0 Å². The number of ether oxygens (including phenoxy) is 1. The van der Waals surface area contributed by atoms with Crippen LogP contribution in [0.4, 0.5) is 0 Å². The van der Waals surface area contributed by atoms with E-state index in [4.69, 9.17) is 14.4 Å². The van der Waals surface area contributed by atoms with Gasteiger partial charge in [0.05, 0.1) is 19.1 Å². The summed E-state index contributed by atoms with van der Waals surface area (Å²) in [5.74, 6) is 1.62. The molecule has 0 amide bonds. The molecule has 104 valence electrons. The average Bonchev–Trinajstić information content (AvgIpc) is 2.89. The summed E-state index contributed by atoms with van der Waals surface area (Å²) in [5.41, 5.74) is 0. The molecule has 0 bridgehead atoms. The van der Waals surface area contributed by atoms with Gasteiger partial charge in [-0.1, -0.05) is 32.1 Å². The summed E-state index contributed by atoms with van der Waals surface area (Å²) < 4.78 is 10.9. The molecule has 19 heavy (non-hydrogen) atoms. The van der Waals surface area contributed by atoms with E-state index in [0.29, 0.717) is 18.3 Å². The van der Waals surface area contributed by atoms with Crippen molar-refractivity contribution in [1.29, 1.82) is 5.26 Å². The fourth-order valence-corrected chi connectivity index (χ4v) is 2.58. The average molecular weight is 263 g/mol. The summed E-state index contributed by atoms with van der Waals surface area (Å²) in [6.45, 7) is 0.659. The highest BCUT2D eigenvalue weighted by Gasteiger charge is 2.15. The summed E-state index contributed by atoms with van der Waals surface area (Å²) in [6.07, 6.45) is 6.93. The lowest BCUT2D eigenvalue weighted by molar-refractivity contribution is 0.138. The van der Waals surface area contributed by atoms with Crippen LogP contribution in [0.1, 0.15) is 56.8 Å². The number of aliphatic hydroxyl groups excluding tert-OH is 1. The lowest BCUT2D eigenvalue weighted by Crippen LogP contribution is -2.10. The minimum atomic E-state index is -0.860. The standard InChI is InChI=1S/C15H21NO3/c16-10-8-13(17)14-6-7-15(19-14)18-11-9-12-4-2-1-3-5-12/h6-7,12-13,17H,1-5,8-9,11H2. The Morgan fingerprint density at radius 1 is 1.37 bits per heavy atom. The third-order valence-electron chi connectivity index (χ3n) is 3.71. The zero-order valence-corrected chi connectivity index (χ0v) is 11.2. The summed E-state index contributed by atoms with van der Waals surface area (Å²) in [6, 6.07) is 5.28. The van der Waals surface area contributed by atoms with Gasteiger partial charge in [0.2, 0.25) is 0 Å². The number of furan rings is 1. The van der Waals surface area contributed by atoms with Crippen molar-refractivity contribution in [3.05, 3.63) is 17.9 Å². The van der Waals surface area contributed by atoms with Gasteiger partial charge in [0.1, 0.15) is 11.9 Å². The quantitative estimate of drug-likeness (QED) is 0.852. The molecule has 1 N–H and O–H groups in total. The van der Waals surface area contributed by atoms with E-state index in [-0.39, 0.29) is 6.42 Å². The number of nitriles is 1. The zero-order chi connectivity index (χ0) is 13.5. The Kier molecular flexibility index (Phi) is 5.29. The highest BCUT2D eigenvalue weighted by atomic mass is 16.6. The molecule has 1 aromatic rings. The first-order chi connectivity index (χ1) is 9.29. The molecule has 1 saturated carbocycles. The van der Waals surface area contributed by atoms with Gasteiger partial charge < -0.3 is 14.3 Å². The first-order valence-electron chi connectivity index (χ1n) is 7.07. The van der Waals surface area contributed by atoms with Crippen LogP contribution in [-0.4, -0.2) is 11.7 Å². The minimum Gasteiger partial charge on any atom is -0.465 e. The Bertz CT molecular complexity index is 415. The van der Waals surface area contributed by atoms with Crippen LogP contribution >= 0.6 is 0 Å². The lowest BCUT2D eigenvalue weighted by atomic mass is 9.87. The molecule has 0 spiro atoms. The second kappa shape index (κ2) is 7.20. The maximum absolute atomic E-state index is 9.59. The third-order valence-corrected chi connectivity index (χ3v) is 3.71. The predicted molar refractivity (Wildman–Crippen MR) is 70.6 cm³/mol. The van der Waals surface area contributed by atoms with Crippen molar-refractivity contribution in [2.24, 2.45) is 5.92 Å². The molecule has 4 nitrogen and oxygen atoms in total. The first-order valence-corrected chi connectivity index (χ1v) is 7.07. The van der Waals surface area contributed by atoms with E-state index in [1.54, 1.807) is 12.1 Å². The van der Waals surface area contributed by atoms with Crippen molar-refractivity contribution >= 4 is 0 Å². The molecule has 1 aromatic heterocycles. The lowest BCUT2D eigenvalue weighted by Gasteiger charge is -2.20. The number of aliphatic hydroxyl groups is 1. The number of hydrogen-bond donors (Lipinski definition) is 1. The molecule has 0 aliphatic heterocycles. The second-order valence-electron chi connectivity index (χ2n) is 5.18. The van der Waals surface area contributed by atoms with Crippen LogP contribution in [0.3, 0.4) is 0 Å². The van der Waals surface area contributed by atoms with Gasteiger partial charge in [-0.2, -0.15) is 5.26 Å². The SMILES string of the molecule is N#CCC(O)c1ccc(OCCC2CCCCC2)o1. The topological polar surface area (TPSA) is 66.4 Å². The van der Waals surface area contributed by atoms with Gasteiger partial charge in [-0.05, 0) is 18.4 Å². The van der Waals surface area contributed by atoms with Gasteiger partial charge in [0.15, 0.2) is 0 Å². The number of hydrogen-bond acceptors (Lipinski definition) is 4. The molecule has 2 rings (SSSR count). The molecule has 0 saturated heterocycles. The Morgan fingerprint density at radius 3 is 2.89 bits per heavy atom. The molecular weight excluding hydrogens is 242 g/mol. The Balaban J connectivity index is 1.72. The first kappa shape index (κ1) is 14.0. The minimum absolute atomic E-state index is 0.0367. The molecular formula is C15H21NO3. The smallest absolute Gasteiger partial charge is 0.284 e. The van der Waals surface area contributed by atoms with Crippen LogP contribution in [0.15, 0.2) is 16.5 Å². The number of rotatable bonds is 6. The van der Waals surface area contributed by atoms with Crippen LogP contribution in [0.5, 0.6) is 5.95 Å². The fourth-order valence-electron chi connectivity index (χ4n) is 2.58. The summed E-state index contributed by atoms with van der Waals surface area (Å²) in [5, 5.41) is 18.1. The molecule has 1 fully saturated rings. The van der Waals surface area contributed by atoms with Crippen molar-refractivity contribution in [3.63, 3.8) is 0 Å². The van der Waals surface area contributed by atoms with Crippen molar-refractivity contribution in [2.75, 3.05) is 6.61 Å². The van der Waals surface area contributed by atoms with Gasteiger partial charge in [0.25, 0.3) is 5.95 Å². The highest BCUT2D eigenvalue weighted by molar-refractivity contribution is 5.14. The summed E-state index contributed by atoms with van der Waals surface area (Å²) in [4.78, 5) is 0. The van der Waals surface area contributed by atoms with E-state index in [1.807, 2.05) is 6.07 Å². The van der Waals surface area contributed by atoms with Gasteiger partial charge in [-0.15, -0.1) is 0 Å². The summed E-state index contributed by atoms with van der Waals surface area (Å²) >= 11 is 0. The molecule has 1 heterocycles. The van der Waals surface area contributed by atoms with Gasteiger partial charge in [0, 0.05) is 6.07 Å². The Labute approximate surface area is 114 Å². The second-order valence-corrected chi connectivity index (χ2v) is 5.18. The largest absolute Gasteiger partial charge is 0.465 e. The Hall–Kier alpha value is -1.47. The molecule has 1 aliphatic carbocycles. The molecule has 1 aliphatic rings. The van der Waals surface area contributed by atoms with Crippen molar-refractivity contribution in [1.82, 2.24) is 0 Å². The normalized spacial score (nSPS) is 17.9. The van der Waals surface area contributed by atoms with Crippen molar-refractivity contribution < 1.29 is 14.3 Å². The monoisotopic (exact) mass is 263 g/mol. The fraction of sp³-hybridized carbons (Fsp3) is 0.667. The molecule has 1 atom stereocenters. The van der Waals surface area contributed by atoms with Crippen molar-refractivity contribution in [2.45, 2.75) is 51.0 Å². The van der Waals surface area contributed by atoms with E-state index in [1.165, 1.54) is 32.1 Å². The van der Waals surface area contributed by atoms with E-state index >= 15 is 0 Å². The predicted octanol–water partition coefficient (Wildman–Crippen LogP) is 3.58. The van der Waals surface area contributed by atoms with Crippen LogP contribution in [0.25, 0.3) is 0 Å². The van der Waals surface area contributed by atoms with E-state index in [9.17, 15) is 5.11 Å². The number of nitrogens with zero attached hydrogens (tertiary/aromatic N) is 1. The van der Waals surface area contributed by atoms with E-state index < -0.39 is 6.10 Å². The van der Waals surface area contributed by atoms with E-state index in [2.05, 4.69) is 0 Å². The van der Waals surface area contributed by atoms with Gasteiger partial charge >= 0.3 is 0 Å². The molecule has 0 aromatic carbocycles. The van der Waals surface area contributed by atoms with Crippen LogP contribution in [-0.2, 0) is 0 Å². The van der Waals surface area contributed by atoms with Crippen LogP contribution < -0.4 is 4.74 Å². The third kappa shape index (κ3) is 4.29. The molecule has 1 unspecified atom stereocenters. The summed E-state index contributed by atoms with van der Waals surface area (Å²) in [7, 11) is 0. The van der Waals surface area contributed by atoms with Gasteiger partial charge in [-0.3, -0.25) is 0 Å². The molecule has 4 heteroatoms. The van der Waals surface area contributed by atoms with Crippen molar-refractivity contribution in [3.8, 4) is 12.0 Å². The highest BCUT2D eigenvalue weighted by Crippen LogP contribution is 2.27. The maximum Gasteiger partial charge on any atom is 0.284 e.